The summed E-state index contributed by atoms with van der Waals surface area (Å²) in [6.07, 6.45) is -3.59. The van der Waals surface area contributed by atoms with Gasteiger partial charge < -0.3 is 14.2 Å². The van der Waals surface area contributed by atoms with Gasteiger partial charge in [0.25, 0.3) is 0 Å². The van der Waals surface area contributed by atoms with E-state index in [4.69, 9.17) is 14.2 Å². The van der Waals surface area contributed by atoms with Crippen molar-refractivity contribution in [2.75, 3.05) is 54.1 Å². The number of hydrogen-bond acceptors (Lipinski definition) is 8. The number of nitrogens with zero attached hydrogens (tertiary/aromatic N) is 5. The van der Waals surface area contributed by atoms with Gasteiger partial charge in [-0.3, -0.25) is 14.6 Å². The van der Waals surface area contributed by atoms with Gasteiger partial charge in [0.15, 0.2) is 28.6 Å². The number of rotatable bonds is 9. The van der Waals surface area contributed by atoms with Crippen LogP contribution in [0.5, 0.6) is 17.2 Å². The monoisotopic (exact) mass is 569 g/mol. The van der Waals surface area contributed by atoms with Crippen LogP contribution in [-0.2, 0) is 12.7 Å². The van der Waals surface area contributed by atoms with Crippen LogP contribution >= 0.6 is 0 Å². The minimum absolute atomic E-state index is 0.0202. The average molecular weight is 570 g/mol. The van der Waals surface area contributed by atoms with Gasteiger partial charge in [-0.2, -0.15) is 18.3 Å². The van der Waals surface area contributed by atoms with Gasteiger partial charge in [0.2, 0.25) is 5.75 Å². The number of aromatic nitrogens is 3. The first kappa shape index (κ1) is 28.4. The van der Waals surface area contributed by atoms with Crippen molar-refractivity contribution in [3.05, 3.63) is 71.5 Å². The third-order valence-electron chi connectivity index (χ3n) is 7.10. The summed E-state index contributed by atoms with van der Waals surface area (Å²) in [7, 11) is 4.25. The molecule has 0 unspecified atom stereocenters. The van der Waals surface area contributed by atoms with Crippen LogP contribution in [0.15, 0.2) is 54.7 Å². The van der Waals surface area contributed by atoms with E-state index in [1.165, 1.54) is 39.0 Å². The number of ketones is 1. The van der Waals surface area contributed by atoms with Crippen LogP contribution in [0.4, 0.5) is 13.2 Å². The predicted molar refractivity (Wildman–Crippen MR) is 146 cm³/mol. The number of benzene rings is 2. The minimum Gasteiger partial charge on any atom is -0.493 e. The minimum atomic E-state index is -4.75. The number of piperazine rings is 1. The van der Waals surface area contributed by atoms with Gasteiger partial charge in [0.05, 0.1) is 45.3 Å². The Morgan fingerprint density at radius 3 is 2.12 bits per heavy atom. The van der Waals surface area contributed by atoms with Crippen LogP contribution in [0.1, 0.15) is 21.6 Å². The fourth-order valence-corrected chi connectivity index (χ4v) is 4.97. The summed E-state index contributed by atoms with van der Waals surface area (Å²) >= 11 is 0. The van der Waals surface area contributed by atoms with Gasteiger partial charge in [-0.05, 0) is 23.8 Å². The number of halogens is 3. The number of carbonyl (C=O) groups excluding carboxylic acids is 1. The van der Waals surface area contributed by atoms with Crippen molar-refractivity contribution in [1.82, 2.24) is 24.4 Å². The molecule has 216 valence electrons. The van der Waals surface area contributed by atoms with Crippen molar-refractivity contribution in [2.45, 2.75) is 12.7 Å². The van der Waals surface area contributed by atoms with Crippen molar-refractivity contribution in [3.63, 3.8) is 0 Å². The van der Waals surface area contributed by atoms with Gasteiger partial charge in [0.1, 0.15) is 0 Å². The second-order valence-corrected chi connectivity index (χ2v) is 9.69. The topological polar surface area (TPSA) is 81.4 Å². The van der Waals surface area contributed by atoms with Crippen LogP contribution in [0.3, 0.4) is 0 Å². The van der Waals surface area contributed by atoms with Crippen LogP contribution in [0.25, 0.3) is 16.9 Å². The largest absolute Gasteiger partial charge is 0.493 e. The molecular weight excluding hydrogens is 539 g/mol. The fourth-order valence-electron chi connectivity index (χ4n) is 4.97. The highest BCUT2D eigenvalue weighted by Crippen LogP contribution is 2.42. The number of hydrogen-bond donors (Lipinski definition) is 0. The molecule has 41 heavy (non-hydrogen) atoms. The lowest BCUT2D eigenvalue weighted by atomic mass is 10.1. The molecule has 0 atom stereocenters. The summed E-state index contributed by atoms with van der Waals surface area (Å²) in [5.74, 6) is 0.459. The number of fused-ring (bicyclic) bond motifs is 1. The molecule has 4 aromatic rings. The highest BCUT2D eigenvalue weighted by Gasteiger charge is 2.36. The molecule has 1 fully saturated rings. The number of alkyl halides is 3. The molecule has 2 aromatic carbocycles. The Labute approximate surface area is 235 Å². The third-order valence-corrected chi connectivity index (χ3v) is 7.10. The van der Waals surface area contributed by atoms with Crippen LogP contribution < -0.4 is 14.2 Å². The SMILES string of the molecule is COc1cc(-c2cc(C(F)(F)F)n3ncc(C(=O)CN4CCN(Cc5ccccc5)CC4)c3n2)cc(OC)c1OC. The lowest BCUT2D eigenvalue weighted by Gasteiger charge is -2.34. The van der Waals surface area contributed by atoms with Crippen molar-refractivity contribution in [3.8, 4) is 28.5 Å². The Morgan fingerprint density at radius 1 is 0.902 bits per heavy atom. The van der Waals surface area contributed by atoms with E-state index < -0.39 is 11.9 Å². The maximum Gasteiger partial charge on any atom is 0.433 e. The molecule has 0 aliphatic carbocycles. The molecule has 5 rings (SSSR count). The Bertz CT molecular complexity index is 1510. The number of ether oxygens (including phenoxy) is 3. The highest BCUT2D eigenvalue weighted by molar-refractivity contribution is 6.02. The number of carbonyl (C=O) groups is 1. The van der Waals surface area contributed by atoms with Gasteiger partial charge in [-0.25, -0.2) is 9.50 Å². The Balaban J connectivity index is 1.42. The van der Waals surface area contributed by atoms with E-state index in [0.717, 1.165) is 31.9 Å². The van der Waals surface area contributed by atoms with E-state index in [0.29, 0.717) is 28.9 Å². The van der Waals surface area contributed by atoms with Crippen LogP contribution in [-0.4, -0.2) is 84.2 Å². The summed E-state index contributed by atoms with van der Waals surface area (Å²) in [6.45, 7) is 3.76. The van der Waals surface area contributed by atoms with Crippen LogP contribution in [0.2, 0.25) is 0 Å². The molecule has 1 saturated heterocycles. The van der Waals surface area contributed by atoms with E-state index in [2.05, 4.69) is 27.1 Å². The highest BCUT2D eigenvalue weighted by atomic mass is 19.4. The van der Waals surface area contributed by atoms with Gasteiger partial charge in [0, 0.05) is 38.3 Å². The molecule has 0 N–H and O–H groups in total. The zero-order valence-electron chi connectivity index (χ0n) is 22.9. The molecular formula is C29H30F3N5O4. The molecule has 12 heteroatoms. The molecule has 0 spiro atoms. The van der Waals surface area contributed by atoms with E-state index >= 15 is 0 Å². The standard InChI is InChI=1S/C29H30F3N5O4/c1-39-24-13-20(14-25(40-2)27(24)41-3)22-15-26(29(30,31)32)37-28(34-22)21(16-33-37)23(38)18-36-11-9-35(10-12-36)17-19-7-5-4-6-8-19/h4-8,13-16H,9-12,17-18H2,1-3H3. The predicted octanol–water partition coefficient (Wildman–Crippen LogP) is 4.44. The van der Waals surface area contributed by atoms with Gasteiger partial charge in [-0.15, -0.1) is 0 Å². The molecule has 0 radical (unpaired) electrons. The maximum absolute atomic E-state index is 14.1. The Kier molecular flexibility index (Phi) is 8.13. The van der Waals surface area contributed by atoms with Crippen molar-refractivity contribution >= 4 is 11.4 Å². The molecule has 0 saturated carbocycles. The van der Waals surface area contributed by atoms with Crippen molar-refractivity contribution in [2.24, 2.45) is 0 Å². The summed E-state index contributed by atoms with van der Waals surface area (Å²) in [4.78, 5) is 22.1. The lowest BCUT2D eigenvalue weighted by Crippen LogP contribution is -2.47. The number of Topliss-reactive ketones (excluding diaryl/α,β-unsaturated/α-hetero) is 1. The first-order chi connectivity index (χ1) is 19.7. The number of methoxy groups -OCH3 is 3. The normalized spacial score (nSPS) is 14.8. The zero-order chi connectivity index (χ0) is 29.1. The molecule has 3 heterocycles. The van der Waals surface area contributed by atoms with E-state index in [9.17, 15) is 18.0 Å². The van der Waals surface area contributed by atoms with E-state index in [1.54, 1.807) is 0 Å². The molecule has 1 aliphatic rings. The summed E-state index contributed by atoms with van der Waals surface area (Å²) in [5.41, 5.74) is 0.292. The third kappa shape index (κ3) is 5.98. The first-order valence-electron chi connectivity index (χ1n) is 13.0. The molecule has 0 bridgehead atoms. The van der Waals surface area contributed by atoms with Crippen molar-refractivity contribution in [1.29, 1.82) is 0 Å². The smallest absolute Gasteiger partial charge is 0.433 e. The maximum atomic E-state index is 14.1. The van der Waals surface area contributed by atoms with E-state index in [-0.39, 0.29) is 40.7 Å². The summed E-state index contributed by atoms with van der Waals surface area (Å²) in [6, 6.07) is 14.1. The van der Waals surface area contributed by atoms with Gasteiger partial charge >= 0.3 is 6.18 Å². The molecule has 0 amide bonds. The summed E-state index contributed by atoms with van der Waals surface area (Å²) < 4.78 is 59.2. The Hall–Kier alpha value is -4.16. The second-order valence-electron chi connectivity index (χ2n) is 9.69. The summed E-state index contributed by atoms with van der Waals surface area (Å²) in [5, 5.41) is 3.90. The second kappa shape index (κ2) is 11.8. The molecule has 9 nitrogen and oxygen atoms in total. The molecule has 2 aromatic heterocycles. The quantitative estimate of drug-likeness (QED) is 0.274. The average Bonchev–Trinajstić information content (AvgIpc) is 3.41. The van der Waals surface area contributed by atoms with E-state index in [1.807, 2.05) is 23.1 Å². The first-order valence-corrected chi connectivity index (χ1v) is 13.0. The van der Waals surface area contributed by atoms with Crippen LogP contribution in [0, 0.1) is 0 Å². The lowest BCUT2D eigenvalue weighted by molar-refractivity contribution is -0.142. The zero-order valence-corrected chi connectivity index (χ0v) is 22.9. The fraction of sp³-hybridized carbons (Fsp3) is 0.345. The molecule has 1 aliphatic heterocycles. The Morgan fingerprint density at radius 2 is 1.54 bits per heavy atom. The van der Waals surface area contributed by atoms with Gasteiger partial charge in [-0.1, -0.05) is 30.3 Å². The van der Waals surface area contributed by atoms with Crippen molar-refractivity contribution < 1.29 is 32.2 Å².